The Kier molecular flexibility index (Phi) is 4.69. The smallest absolute Gasteiger partial charge is 0.303 e. The van der Waals surface area contributed by atoms with Gasteiger partial charge in [0.15, 0.2) is 0 Å². The summed E-state index contributed by atoms with van der Waals surface area (Å²) in [7, 11) is -1.59. The van der Waals surface area contributed by atoms with E-state index in [-0.39, 0.29) is 12.8 Å². The van der Waals surface area contributed by atoms with Crippen molar-refractivity contribution in [3.8, 4) is 0 Å². The zero-order chi connectivity index (χ0) is 10.5. The molecule has 0 aromatic rings. The first-order valence-corrected chi connectivity index (χ1v) is 7.68. The van der Waals surface area contributed by atoms with Crippen molar-refractivity contribution in [1.82, 2.24) is 0 Å². The lowest BCUT2D eigenvalue weighted by Crippen LogP contribution is -2.26. The SMILES string of the molecule is C[Si](C)(CCC(=O)O)CCC(=O)O. The largest absolute Gasteiger partial charge is 0.481 e. The molecule has 0 aliphatic heterocycles. The Morgan fingerprint density at radius 3 is 1.54 bits per heavy atom. The normalized spacial score (nSPS) is 11.2. The lowest BCUT2D eigenvalue weighted by atomic mass is 10.5. The first-order valence-electron chi connectivity index (χ1n) is 4.27. The molecule has 0 rings (SSSR count). The summed E-state index contributed by atoms with van der Waals surface area (Å²) >= 11 is 0. The molecule has 4 nitrogen and oxygen atoms in total. The molecule has 0 fully saturated rings. The summed E-state index contributed by atoms with van der Waals surface area (Å²) in [6.07, 6.45) is 0.331. The van der Waals surface area contributed by atoms with E-state index >= 15 is 0 Å². The van der Waals surface area contributed by atoms with E-state index in [0.717, 1.165) is 0 Å². The average molecular weight is 204 g/mol. The Morgan fingerprint density at radius 1 is 1.00 bits per heavy atom. The Balaban J connectivity index is 3.79. The highest BCUT2D eigenvalue weighted by Gasteiger charge is 2.22. The molecule has 0 bridgehead atoms. The van der Waals surface area contributed by atoms with Crippen molar-refractivity contribution >= 4 is 20.0 Å². The first-order chi connectivity index (χ1) is 5.83. The molecule has 0 aromatic heterocycles. The molecule has 76 valence electrons. The lowest BCUT2D eigenvalue weighted by Gasteiger charge is -2.19. The van der Waals surface area contributed by atoms with Gasteiger partial charge in [-0.25, -0.2) is 0 Å². The predicted octanol–water partition coefficient (Wildman–Crippen LogP) is 1.64. The average Bonchev–Trinajstić information content (AvgIpc) is 1.98. The van der Waals surface area contributed by atoms with Gasteiger partial charge in [0.2, 0.25) is 0 Å². The van der Waals surface area contributed by atoms with Crippen LogP contribution in [-0.2, 0) is 9.59 Å². The number of rotatable bonds is 6. The van der Waals surface area contributed by atoms with Crippen LogP contribution in [-0.4, -0.2) is 30.2 Å². The van der Waals surface area contributed by atoms with Crippen molar-refractivity contribution in [1.29, 1.82) is 0 Å². The predicted molar refractivity (Wildman–Crippen MR) is 51.6 cm³/mol. The van der Waals surface area contributed by atoms with Crippen LogP contribution in [0.3, 0.4) is 0 Å². The van der Waals surface area contributed by atoms with Gasteiger partial charge >= 0.3 is 11.9 Å². The van der Waals surface area contributed by atoms with Crippen LogP contribution in [0.25, 0.3) is 0 Å². The molecular weight excluding hydrogens is 188 g/mol. The van der Waals surface area contributed by atoms with E-state index in [1.807, 2.05) is 13.1 Å². The number of aliphatic carboxylic acids is 2. The van der Waals surface area contributed by atoms with E-state index < -0.39 is 20.0 Å². The van der Waals surface area contributed by atoms with Crippen molar-refractivity contribution in [2.75, 3.05) is 0 Å². The van der Waals surface area contributed by atoms with E-state index in [0.29, 0.717) is 12.1 Å². The second-order valence-corrected chi connectivity index (χ2v) is 9.28. The number of carboxylic acids is 2. The van der Waals surface area contributed by atoms with Gasteiger partial charge in [-0.1, -0.05) is 13.1 Å². The van der Waals surface area contributed by atoms with Crippen LogP contribution < -0.4 is 0 Å². The topological polar surface area (TPSA) is 74.6 Å². The molecule has 0 saturated heterocycles. The third-order valence-electron chi connectivity index (χ3n) is 2.03. The Hall–Kier alpha value is -0.843. The van der Waals surface area contributed by atoms with Crippen LogP contribution in [0.4, 0.5) is 0 Å². The maximum Gasteiger partial charge on any atom is 0.303 e. The third-order valence-corrected chi connectivity index (χ3v) is 5.24. The van der Waals surface area contributed by atoms with Crippen LogP contribution in [0.1, 0.15) is 12.8 Å². The molecule has 0 aliphatic carbocycles. The molecule has 13 heavy (non-hydrogen) atoms. The van der Waals surface area contributed by atoms with E-state index in [9.17, 15) is 9.59 Å². The minimum Gasteiger partial charge on any atom is -0.481 e. The third kappa shape index (κ3) is 7.52. The quantitative estimate of drug-likeness (QED) is 0.645. The molecule has 0 radical (unpaired) electrons. The van der Waals surface area contributed by atoms with Crippen molar-refractivity contribution < 1.29 is 19.8 Å². The summed E-state index contributed by atoms with van der Waals surface area (Å²) in [5, 5.41) is 16.9. The molecule has 0 amide bonds. The molecule has 2 N–H and O–H groups in total. The fraction of sp³-hybridized carbons (Fsp3) is 0.750. The van der Waals surface area contributed by atoms with Crippen LogP contribution in [0.2, 0.25) is 25.2 Å². The molecule has 0 heterocycles. The maximum atomic E-state index is 10.3. The molecule has 0 spiro atoms. The van der Waals surface area contributed by atoms with Gasteiger partial charge in [0, 0.05) is 20.9 Å². The minimum absolute atomic E-state index is 0.166. The highest BCUT2D eigenvalue weighted by molar-refractivity contribution is 6.77. The minimum atomic E-state index is -1.59. The maximum absolute atomic E-state index is 10.3. The van der Waals surface area contributed by atoms with E-state index in [1.165, 1.54) is 0 Å². The Bertz CT molecular complexity index is 180. The van der Waals surface area contributed by atoms with Gasteiger partial charge in [0.05, 0.1) is 0 Å². The fourth-order valence-electron chi connectivity index (χ4n) is 1.02. The van der Waals surface area contributed by atoms with E-state index in [1.54, 1.807) is 0 Å². The van der Waals surface area contributed by atoms with Crippen molar-refractivity contribution in [2.45, 2.75) is 38.0 Å². The van der Waals surface area contributed by atoms with Crippen molar-refractivity contribution in [3.63, 3.8) is 0 Å². The number of carbonyl (C=O) groups is 2. The van der Waals surface area contributed by atoms with Crippen molar-refractivity contribution in [3.05, 3.63) is 0 Å². The standard InChI is InChI=1S/C8H16O4Si/c1-13(2,5-3-7(9)10)6-4-8(11)12/h3-6H2,1-2H3,(H,9,10)(H,11,12). The zero-order valence-corrected chi connectivity index (χ0v) is 9.04. The monoisotopic (exact) mass is 204 g/mol. The van der Waals surface area contributed by atoms with Crippen molar-refractivity contribution in [2.24, 2.45) is 0 Å². The van der Waals surface area contributed by atoms with E-state index in [2.05, 4.69) is 0 Å². The Morgan fingerprint density at radius 2 is 1.31 bits per heavy atom. The highest BCUT2D eigenvalue weighted by atomic mass is 28.3. The summed E-state index contributed by atoms with van der Waals surface area (Å²) in [5.74, 6) is -1.59. The van der Waals surface area contributed by atoms with Crippen LogP contribution >= 0.6 is 0 Å². The fourth-order valence-corrected chi connectivity index (χ4v) is 3.05. The van der Waals surface area contributed by atoms with Gasteiger partial charge in [0.25, 0.3) is 0 Å². The van der Waals surface area contributed by atoms with Gasteiger partial charge in [-0.2, -0.15) is 0 Å². The van der Waals surface area contributed by atoms with Gasteiger partial charge in [0.1, 0.15) is 0 Å². The first kappa shape index (κ1) is 12.2. The van der Waals surface area contributed by atoms with E-state index in [4.69, 9.17) is 10.2 Å². The molecule has 0 saturated carbocycles. The van der Waals surface area contributed by atoms with Gasteiger partial charge in [-0.05, 0) is 12.1 Å². The summed E-state index contributed by atoms with van der Waals surface area (Å²) in [6, 6.07) is 1.32. The number of carboxylic acid groups (broad SMARTS) is 2. The molecule has 5 heteroatoms. The molecule has 0 aliphatic rings. The number of hydrogen-bond donors (Lipinski definition) is 2. The second-order valence-electron chi connectivity index (χ2n) is 3.95. The van der Waals surface area contributed by atoms with Gasteiger partial charge < -0.3 is 10.2 Å². The summed E-state index contributed by atoms with van der Waals surface area (Å²) in [4.78, 5) is 20.6. The van der Waals surface area contributed by atoms with Crippen LogP contribution in [0.5, 0.6) is 0 Å². The molecule has 0 unspecified atom stereocenters. The highest BCUT2D eigenvalue weighted by Crippen LogP contribution is 2.19. The summed E-state index contributed by atoms with van der Waals surface area (Å²) in [6.45, 7) is 4.05. The van der Waals surface area contributed by atoms with Crippen LogP contribution in [0, 0.1) is 0 Å². The summed E-state index contributed by atoms with van der Waals surface area (Å²) in [5.41, 5.74) is 0. The zero-order valence-electron chi connectivity index (χ0n) is 8.04. The van der Waals surface area contributed by atoms with Crippen LogP contribution in [0.15, 0.2) is 0 Å². The Labute approximate surface area is 78.6 Å². The van der Waals surface area contributed by atoms with Gasteiger partial charge in [-0.3, -0.25) is 9.59 Å². The lowest BCUT2D eigenvalue weighted by molar-refractivity contribution is -0.137. The van der Waals surface area contributed by atoms with Gasteiger partial charge in [-0.15, -0.1) is 0 Å². The molecular formula is C8H16O4Si. The molecule has 0 aromatic carbocycles. The summed E-state index contributed by atoms with van der Waals surface area (Å²) < 4.78 is 0. The number of hydrogen-bond acceptors (Lipinski definition) is 2. The second kappa shape index (κ2) is 5.01. The molecule has 0 atom stereocenters.